The first-order valence-electron chi connectivity index (χ1n) is 6.67. The van der Waals surface area contributed by atoms with Gasteiger partial charge in [-0.3, -0.25) is 0 Å². The molecule has 0 amide bonds. The van der Waals surface area contributed by atoms with Gasteiger partial charge in [0.15, 0.2) is 0 Å². The van der Waals surface area contributed by atoms with Gasteiger partial charge in [0.2, 0.25) is 0 Å². The molecule has 0 atom stereocenters. The van der Waals surface area contributed by atoms with E-state index in [0.717, 1.165) is 24.3 Å². The summed E-state index contributed by atoms with van der Waals surface area (Å²) in [5, 5.41) is 12.8. The van der Waals surface area contributed by atoms with Gasteiger partial charge in [-0.05, 0) is 62.2 Å². The van der Waals surface area contributed by atoms with E-state index in [2.05, 4.69) is 5.32 Å². The Morgan fingerprint density at radius 3 is 2.13 bits per heavy atom. The van der Waals surface area contributed by atoms with E-state index in [1.54, 1.807) is 0 Å². The maximum Gasteiger partial charge on any atom is 0.0436 e. The van der Waals surface area contributed by atoms with E-state index in [1.165, 1.54) is 45.1 Å². The van der Waals surface area contributed by atoms with E-state index in [0.29, 0.717) is 12.0 Å². The van der Waals surface area contributed by atoms with E-state index in [-0.39, 0.29) is 0 Å². The van der Waals surface area contributed by atoms with Gasteiger partial charge in [-0.25, -0.2) is 0 Å². The number of aliphatic hydroxyl groups is 1. The van der Waals surface area contributed by atoms with Crippen molar-refractivity contribution in [3.63, 3.8) is 0 Å². The van der Waals surface area contributed by atoms with Crippen molar-refractivity contribution in [1.29, 1.82) is 0 Å². The summed E-state index contributed by atoms with van der Waals surface area (Å²) >= 11 is 0. The fraction of sp³-hybridized carbons (Fsp3) is 1.00. The third-order valence-electron chi connectivity index (χ3n) is 4.57. The van der Waals surface area contributed by atoms with Gasteiger partial charge in [-0.2, -0.15) is 0 Å². The van der Waals surface area contributed by atoms with Gasteiger partial charge in [0.25, 0.3) is 0 Å². The summed E-state index contributed by atoms with van der Waals surface area (Å²) in [5.74, 6) is 2.00. The summed E-state index contributed by atoms with van der Waals surface area (Å²) in [7, 11) is 0. The normalized spacial score (nSPS) is 28.4. The Kier molecular flexibility index (Phi) is 2.52. The highest BCUT2D eigenvalue weighted by Gasteiger charge is 2.45. The molecule has 0 radical (unpaired) electrons. The molecule has 3 rings (SSSR count). The molecule has 2 heteroatoms. The minimum Gasteiger partial charge on any atom is -0.396 e. The van der Waals surface area contributed by atoms with Crippen LogP contribution < -0.4 is 5.32 Å². The van der Waals surface area contributed by atoms with Crippen molar-refractivity contribution in [2.45, 2.75) is 51.0 Å². The minimum absolute atomic E-state index is 0.374. The molecule has 0 aromatic heterocycles. The molecular weight excluding hydrogens is 186 g/mol. The lowest BCUT2D eigenvalue weighted by Crippen LogP contribution is -2.37. The molecule has 2 nitrogen and oxygen atoms in total. The lowest BCUT2D eigenvalue weighted by atomic mass is 10.0. The van der Waals surface area contributed by atoms with Crippen LogP contribution in [0.4, 0.5) is 0 Å². The third-order valence-corrected chi connectivity index (χ3v) is 4.57. The maximum atomic E-state index is 9.02. The number of rotatable bonds is 7. The molecular formula is C13H23NO. The number of aliphatic hydroxyl groups excluding tert-OH is 1. The lowest BCUT2D eigenvalue weighted by Gasteiger charge is -2.22. The highest BCUT2D eigenvalue weighted by atomic mass is 16.3. The average molecular weight is 209 g/mol. The number of hydrogen-bond acceptors (Lipinski definition) is 2. The van der Waals surface area contributed by atoms with Gasteiger partial charge in [0, 0.05) is 19.2 Å². The first-order chi connectivity index (χ1) is 7.33. The first-order valence-corrected chi connectivity index (χ1v) is 6.67. The molecule has 0 spiro atoms. The second-order valence-corrected chi connectivity index (χ2v) is 6.06. The average Bonchev–Trinajstić information content (AvgIpc) is 3.09. The minimum atomic E-state index is 0.374. The molecule has 0 unspecified atom stereocenters. The molecule has 0 aromatic carbocycles. The third kappa shape index (κ3) is 2.36. The Morgan fingerprint density at radius 1 is 1.13 bits per heavy atom. The summed E-state index contributed by atoms with van der Waals surface area (Å²) < 4.78 is 0. The second kappa shape index (κ2) is 3.74. The van der Waals surface area contributed by atoms with Crippen molar-refractivity contribution in [2.24, 2.45) is 17.3 Å². The second-order valence-electron chi connectivity index (χ2n) is 6.06. The van der Waals surface area contributed by atoms with Crippen LogP contribution in [0.15, 0.2) is 0 Å². The fourth-order valence-corrected chi connectivity index (χ4v) is 2.89. The lowest BCUT2D eigenvalue weighted by molar-refractivity contribution is 0.238. The van der Waals surface area contributed by atoms with Crippen LogP contribution in [0.3, 0.4) is 0 Å². The van der Waals surface area contributed by atoms with Crippen molar-refractivity contribution in [3.8, 4) is 0 Å². The molecule has 0 heterocycles. The zero-order valence-corrected chi connectivity index (χ0v) is 9.54. The first kappa shape index (κ1) is 10.1. The molecule has 3 fully saturated rings. The predicted molar refractivity (Wildman–Crippen MR) is 60.6 cm³/mol. The van der Waals surface area contributed by atoms with Crippen LogP contribution in [-0.2, 0) is 0 Å². The zero-order chi connectivity index (χ0) is 10.3. The monoisotopic (exact) mass is 209 g/mol. The predicted octanol–water partition coefficient (Wildman–Crippen LogP) is 1.93. The van der Waals surface area contributed by atoms with Gasteiger partial charge in [-0.1, -0.05) is 0 Å². The number of hydrogen-bond donors (Lipinski definition) is 2. The topological polar surface area (TPSA) is 32.3 Å². The van der Waals surface area contributed by atoms with Crippen LogP contribution in [0.1, 0.15) is 44.9 Å². The van der Waals surface area contributed by atoms with Crippen LogP contribution in [0.5, 0.6) is 0 Å². The van der Waals surface area contributed by atoms with E-state index in [1.807, 2.05) is 0 Å². The number of nitrogens with one attached hydrogen (secondary N) is 1. The van der Waals surface area contributed by atoms with E-state index >= 15 is 0 Å². The van der Waals surface area contributed by atoms with Gasteiger partial charge in [0.1, 0.15) is 0 Å². The molecule has 3 aliphatic carbocycles. The van der Waals surface area contributed by atoms with Crippen molar-refractivity contribution in [2.75, 3.05) is 13.2 Å². The van der Waals surface area contributed by atoms with E-state index in [4.69, 9.17) is 5.11 Å². The SMILES string of the molecule is OCCC1(CNC(C2CC2)C2CC2)CC1. The van der Waals surface area contributed by atoms with Crippen LogP contribution in [-0.4, -0.2) is 24.3 Å². The van der Waals surface area contributed by atoms with Gasteiger partial charge in [-0.15, -0.1) is 0 Å². The maximum absolute atomic E-state index is 9.02. The molecule has 0 aliphatic heterocycles. The van der Waals surface area contributed by atoms with Gasteiger partial charge >= 0.3 is 0 Å². The quantitative estimate of drug-likeness (QED) is 0.671. The molecule has 0 bridgehead atoms. The van der Waals surface area contributed by atoms with Crippen molar-refractivity contribution in [1.82, 2.24) is 5.32 Å². The Hall–Kier alpha value is -0.0800. The van der Waals surface area contributed by atoms with Crippen LogP contribution in [0.2, 0.25) is 0 Å². The highest BCUT2D eigenvalue weighted by Crippen LogP contribution is 2.49. The van der Waals surface area contributed by atoms with Crippen LogP contribution in [0, 0.1) is 17.3 Å². The zero-order valence-electron chi connectivity index (χ0n) is 9.54. The fourth-order valence-electron chi connectivity index (χ4n) is 2.89. The standard InChI is InChI=1S/C13H23NO/c15-8-7-13(5-6-13)9-14-12(10-1-2-10)11-3-4-11/h10-12,14-15H,1-9H2. The Labute approximate surface area is 92.4 Å². The molecule has 3 saturated carbocycles. The summed E-state index contributed by atoms with van der Waals surface area (Å²) in [6.45, 7) is 1.55. The summed E-state index contributed by atoms with van der Waals surface area (Å²) in [4.78, 5) is 0. The largest absolute Gasteiger partial charge is 0.396 e. The highest BCUT2D eigenvalue weighted by molar-refractivity contribution is 5.00. The summed E-state index contributed by atoms with van der Waals surface area (Å²) in [6, 6.07) is 0.834. The van der Waals surface area contributed by atoms with Crippen molar-refractivity contribution < 1.29 is 5.11 Å². The smallest absolute Gasteiger partial charge is 0.0436 e. The van der Waals surface area contributed by atoms with Crippen LogP contribution >= 0.6 is 0 Å². The van der Waals surface area contributed by atoms with E-state index < -0.39 is 0 Å². The summed E-state index contributed by atoms with van der Waals surface area (Å²) in [5.41, 5.74) is 0.497. The Balaban J connectivity index is 1.47. The van der Waals surface area contributed by atoms with Gasteiger partial charge < -0.3 is 10.4 Å². The van der Waals surface area contributed by atoms with Crippen molar-refractivity contribution >= 4 is 0 Å². The molecule has 15 heavy (non-hydrogen) atoms. The van der Waals surface area contributed by atoms with Crippen molar-refractivity contribution in [3.05, 3.63) is 0 Å². The molecule has 3 aliphatic rings. The summed E-state index contributed by atoms with van der Waals surface area (Å²) in [6.07, 6.45) is 9.53. The molecule has 86 valence electrons. The molecule has 0 saturated heterocycles. The van der Waals surface area contributed by atoms with Crippen LogP contribution in [0.25, 0.3) is 0 Å². The Bertz CT molecular complexity index is 217. The Morgan fingerprint density at radius 2 is 1.73 bits per heavy atom. The van der Waals surface area contributed by atoms with Gasteiger partial charge in [0.05, 0.1) is 0 Å². The molecule has 2 N–H and O–H groups in total. The molecule has 0 aromatic rings. The van der Waals surface area contributed by atoms with E-state index in [9.17, 15) is 0 Å².